The highest BCUT2D eigenvalue weighted by Crippen LogP contribution is 2.43. The van der Waals surface area contributed by atoms with Crippen LogP contribution in [0.3, 0.4) is 0 Å². The lowest BCUT2D eigenvalue weighted by Gasteiger charge is -2.22. The quantitative estimate of drug-likeness (QED) is 0.385. The van der Waals surface area contributed by atoms with Crippen LogP contribution in [0, 0.1) is 0 Å². The Morgan fingerprint density at radius 1 is 0.750 bits per heavy atom. The summed E-state index contributed by atoms with van der Waals surface area (Å²) in [5.41, 5.74) is 5.91. The van der Waals surface area contributed by atoms with E-state index in [0.717, 1.165) is 35.7 Å². The van der Waals surface area contributed by atoms with Gasteiger partial charge in [-0.15, -0.1) is 0 Å². The van der Waals surface area contributed by atoms with Crippen molar-refractivity contribution in [3.8, 4) is 11.5 Å². The van der Waals surface area contributed by atoms with Gasteiger partial charge in [-0.3, -0.25) is 0 Å². The minimum atomic E-state index is 0.907. The van der Waals surface area contributed by atoms with Crippen molar-refractivity contribution < 1.29 is 4.74 Å². The van der Waals surface area contributed by atoms with Crippen LogP contribution in [0.15, 0.2) is 84.9 Å². The molecule has 4 rings (SSSR count). The fourth-order valence-electron chi connectivity index (χ4n) is 3.64. The van der Waals surface area contributed by atoms with Gasteiger partial charge in [-0.25, -0.2) is 0 Å². The second-order valence-electron chi connectivity index (χ2n) is 6.80. The number of nitrogens with zero attached hydrogens (tertiary/aromatic N) is 1. The first-order valence-corrected chi connectivity index (χ1v) is 9.90. The molecule has 3 aromatic rings. The van der Waals surface area contributed by atoms with Crippen molar-refractivity contribution in [3.63, 3.8) is 0 Å². The van der Waals surface area contributed by atoms with E-state index in [-0.39, 0.29) is 0 Å². The van der Waals surface area contributed by atoms with Crippen LogP contribution in [-0.2, 0) is 0 Å². The van der Waals surface area contributed by atoms with Gasteiger partial charge in [-0.2, -0.15) is 0 Å². The van der Waals surface area contributed by atoms with Gasteiger partial charge in [0.15, 0.2) is 0 Å². The fourth-order valence-corrected chi connectivity index (χ4v) is 3.64. The van der Waals surface area contributed by atoms with E-state index >= 15 is 0 Å². The summed E-state index contributed by atoms with van der Waals surface area (Å²) in [4.78, 5) is 2.35. The van der Waals surface area contributed by atoms with Crippen LogP contribution in [-0.4, -0.2) is 13.1 Å². The third-order valence-electron chi connectivity index (χ3n) is 5.15. The second kappa shape index (κ2) is 8.18. The third-order valence-corrected chi connectivity index (χ3v) is 5.15. The molecule has 0 atom stereocenters. The Labute approximate surface area is 167 Å². The number of fused-ring (bicyclic) bond motifs is 2. The molecule has 1 aliphatic heterocycles. The first-order valence-electron chi connectivity index (χ1n) is 9.90. The number of hydrogen-bond donors (Lipinski definition) is 0. The molecule has 0 fully saturated rings. The average Bonchev–Trinajstić information content (AvgIpc) is 2.75. The van der Waals surface area contributed by atoms with Gasteiger partial charge in [0, 0.05) is 29.9 Å². The summed E-state index contributed by atoms with van der Waals surface area (Å²) >= 11 is 0. The summed E-state index contributed by atoms with van der Waals surface area (Å²) in [6.45, 7) is 6.43. The maximum Gasteiger partial charge on any atom is 0.135 e. The molecule has 0 N–H and O–H groups in total. The summed E-state index contributed by atoms with van der Waals surface area (Å²) < 4.78 is 6.06. The number of allylic oxidation sites excluding steroid dienone is 2. The highest BCUT2D eigenvalue weighted by atomic mass is 16.5. The average molecular weight is 367 g/mol. The molecular formula is C26H25NO. The third kappa shape index (κ3) is 3.59. The highest BCUT2D eigenvalue weighted by molar-refractivity contribution is 5.89. The number of anilines is 1. The molecule has 0 spiro atoms. The molecule has 140 valence electrons. The summed E-state index contributed by atoms with van der Waals surface area (Å²) in [6.07, 6.45) is 6.46. The second-order valence-corrected chi connectivity index (χ2v) is 6.80. The Hall–Kier alpha value is -3.26. The SMILES string of the molecule is CCN(CC)c1ccc(/C=C/C=C2c3ccccc3Oc3ccccc32)cc1. The molecule has 0 aliphatic carbocycles. The largest absolute Gasteiger partial charge is 0.456 e. The van der Waals surface area contributed by atoms with Crippen molar-refractivity contribution in [2.75, 3.05) is 18.0 Å². The summed E-state index contributed by atoms with van der Waals surface area (Å²) in [5.74, 6) is 1.81. The van der Waals surface area contributed by atoms with E-state index in [2.05, 4.69) is 85.5 Å². The lowest BCUT2D eigenvalue weighted by atomic mass is 9.93. The summed E-state index contributed by atoms with van der Waals surface area (Å²) in [6, 6.07) is 25.1. The number of benzene rings is 3. The molecule has 0 aromatic heterocycles. The van der Waals surface area contributed by atoms with Crippen LogP contribution in [0.2, 0.25) is 0 Å². The molecule has 0 saturated heterocycles. The Morgan fingerprint density at radius 2 is 1.32 bits per heavy atom. The maximum atomic E-state index is 6.06. The first-order chi connectivity index (χ1) is 13.8. The van der Waals surface area contributed by atoms with E-state index in [1.807, 2.05) is 24.3 Å². The molecule has 0 bridgehead atoms. The molecule has 1 heterocycles. The zero-order chi connectivity index (χ0) is 19.3. The van der Waals surface area contributed by atoms with E-state index in [9.17, 15) is 0 Å². The van der Waals surface area contributed by atoms with Gasteiger partial charge in [-0.1, -0.05) is 66.8 Å². The number of rotatable bonds is 5. The van der Waals surface area contributed by atoms with Gasteiger partial charge < -0.3 is 9.64 Å². The summed E-state index contributed by atoms with van der Waals surface area (Å²) in [7, 11) is 0. The van der Waals surface area contributed by atoms with E-state index < -0.39 is 0 Å². The number of hydrogen-bond acceptors (Lipinski definition) is 2. The van der Waals surface area contributed by atoms with Crippen molar-refractivity contribution in [3.05, 3.63) is 102 Å². The monoisotopic (exact) mass is 367 g/mol. The predicted molar refractivity (Wildman–Crippen MR) is 119 cm³/mol. The van der Waals surface area contributed by atoms with E-state index in [1.54, 1.807) is 0 Å². The molecule has 0 saturated carbocycles. The minimum Gasteiger partial charge on any atom is -0.456 e. The number of ether oxygens (including phenoxy) is 1. The van der Waals surface area contributed by atoms with Crippen LogP contribution in [0.4, 0.5) is 5.69 Å². The van der Waals surface area contributed by atoms with Crippen LogP contribution in [0.5, 0.6) is 11.5 Å². The van der Waals surface area contributed by atoms with Gasteiger partial charge in [0.05, 0.1) is 0 Å². The van der Waals surface area contributed by atoms with E-state index in [0.29, 0.717) is 0 Å². The molecule has 3 aromatic carbocycles. The summed E-state index contributed by atoms with van der Waals surface area (Å²) in [5, 5.41) is 0. The lowest BCUT2D eigenvalue weighted by Crippen LogP contribution is -2.21. The van der Waals surface area contributed by atoms with Crippen molar-refractivity contribution >= 4 is 17.3 Å². The van der Waals surface area contributed by atoms with Gasteiger partial charge in [0.2, 0.25) is 0 Å². The van der Waals surface area contributed by atoms with E-state index in [1.165, 1.54) is 16.8 Å². The van der Waals surface area contributed by atoms with Crippen molar-refractivity contribution in [2.24, 2.45) is 0 Å². The van der Waals surface area contributed by atoms with Gasteiger partial charge in [0.25, 0.3) is 0 Å². The van der Waals surface area contributed by atoms with Crippen LogP contribution in [0.1, 0.15) is 30.5 Å². The van der Waals surface area contributed by atoms with Gasteiger partial charge in [-0.05, 0) is 49.2 Å². The molecule has 28 heavy (non-hydrogen) atoms. The zero-order valence-electron chi connectivity index (χ0n) is 16.4. The normalized spacial score (nSPS) is 12.3. The standard InChI is InChI=1S/C26H25NO/c1-3-27(4-2)21-18-16-20(17-19-21)10-9-13-22-23-11-5-7-14-25(23)28-26-15-8-6-12-24(22)26/h5-19H,3-4H2,1-2H3/b10-9+. The van der Waals surface area contributed by atoms with Crippen molar-refractivity contribution in [1.82, 2.24) is 0 Å². The topological polar surface area (TPSA) is 12.5 Å². The molecule has 0 radical (unpaired) electrons. The predicted octanol–water partition coefficient (Wildman–Crippen LogP) is 6.78. The zero-order valence-corrected chi connectivity index (χ0v) is 16.4. The van der Waals surface area contributed by atoms with Crippen LogP contribution >= 0.6 is 0 Å². The van der Waals surface area contributed by atoms with Crippen LogP contribution in [0.25, 0.3) is 11.6 Å². The smallest absolute Gasteiger partial charge is 0.135 e. The molecule has 0 amide bonds. The Kier molecular flexibility index (Phi) is 5.29. The Bertz CT molecular complexity index is 963. The minimum absolute atomic E-state index is 0.907. The van der Waals surface area contributed by atoms with Gasteiger partial charge >= 0.3 is 0 Å². The fraction of sp³-hybridized carbons (Fsp3) is 0.154. The Balaban J connectivity index is 1.63. The van der Waals surface area contributed by atoms with Gasteiger partial charge in [0.1, 0.15) is 11.5 Å². The molecular weight excluding hydrogens is 342 g/mol. The molecule has 0 unspecified atom stereocenters. The number of para-hydroxylation sites is 2. The molecule has 1 aliphatic rings. The molecule has 2 heteroatoms. The van der Waals surface area contributed by atoms with Crippen LogP contribution < -0.4 is 9.64 Å². The molecule has 2 nitrogen and oxygen atoms in total. The lowest BCUT2D eigenvalue weighted by molar-refractivity contribution is 0.474. The highest BCUT2D eigenvalue weighted by Gasteiger charge is 2.20. The van der Waals surface area contributed by atoms with Crippen molar-refractivity contribution in [2.45, 2.75) is 13.8 Å². The van der Waals surface area contributed by atoms with E-state index in [4.69, 9.17) is 4.74 Å². The first kappa shape index (κ1) is 18.1. The Morgan fingerprint density at radius 3 is 1.89 bits per heavy atom. The maximum absolute atomic E-state index is 6.06. The van der Waals surface area contributed by atoms with Crippen molar-refractivity contribution in [1.29, 1.82) is 0 Å².